The summed E-state index contributed by atoms with van der Waals surface area (Å²) in [6, 6.07) is 12.4. The number of morpholine rings is 1. The summed E-state index contributed by atoms with van der Waals surface area (Å²) in [5.74, 6) is 1.22. The Labute approximate surface area is 275 Å². The van der Waals surface area contributed by atoms with Crippen molar-refractivity contribution in [3.8, 4) is 12.1 Å². The van der Waals surface area contributed by atoms with E-state index >= 15 is 0 Å². The molecule has 3 aromatic rings. The minimum absolute atomic E-state index is 0.0207. The quantitative estimate of drug-likeness (QED) is 0.406. The Morgan fingerprint density at radius 2 is 1.66 bits per heavy atom. The van der Waals surface area contributed by atoms with Crippen molar-refractivity contribution in [2.45, 2.75) is 45.5 Å². The van der Waals surface area contributed by atoms with Crippen LogP contribution in [0.15, 0.2) is 36.7 Å². The van der Waals surface area contributed by atoms with Crippen molar-refractivity contribution >= 4 is 34.4 Å². The standard InChI is InChI=1S/C34H42N10O3/c1-24-21-44(29-8-7-25(18-35)30-28(29)6-5-9-37-30)23-27(46-24)22-40-10-12-41(13-11-40)31-26(19-36)20-38-32(39-31)42-14-16-43(17-15-42)33(45)47-34(2,3)4/h5-9,20,24,27H,10-17,21-23H2,1-4H3/t24-,27+/m1/s1. The van der Waals surface area contributed by atoms with E-state index in [0.29, 0.717) is 49.1 Å². The van der Waals surface area contributed by atoms with E-state index < -0.39 is 5.60 Å². The number of rotatable bonds is 5. The third kappa shape index (κ3) is 7.32. The van der Waals surface area contributed by atoms with E-state index in [1.54, 1.807) is 17.3 Å². The van der Waals surface area contributed by atoms with Gasteiger partial charge in [0.15, 0.2) is 5.82 Å². The molecule has 0 N–H and O–H groups in total. The molecule has 0 radical (unpaired) electrons. The van der Waals surface area contributed by atoms with Gasteiger partial charge in [0.1, 0.15) is 23.3 Å². The summed E-state index contributed by atoms with van der Waals surface area (Å²) >= 11 is 0. The van der Waals surface area contributed by atoms with Crippen molar-refractivity contribution in [2.24, 2.45) is 0 Å². The number of nitriles is 2. The average Bonchev–Trinajstić information content (AvgIpc) is 3.07. The van der Waals surface area contributed by atoms with E-state index in [2.05, 4.69) is 48.6 Å². The molecule has 47 heavy (non-hydrogen) atoms. The first-order valence-electron chi connectivity index (χ1n) is 16.3. The molecule has 5 heterocycles. The Balaban J connectivity index is 1.07. The lowest BCUT2D eigenvalue weighted by Gasteiger charge is -2.42. The number of amides is 1. The molecule has 13 heteroatoms. The van der Waals surface area contributed by atoms with Crippen LogP contribution in [0.25, 0.3) is 10.9 Å². The first-order valence-corrected chi connectivity index (χ1v) is 16.3. The predicted octanol–water partition coefficient (Wildman–Crippen LogP) is 3.24. The van der Waals surface area contributed by atoms with Crippen LogP contribution >= 0.6 is 0 Å². The van der Waals surface area contributed by atoms with Crippen LogP contribution in [-0.4, -0.2) is 121 Å². The number of piperazine rings is 2. The molecule has 6 rings (SSSR count). The molecule has 0 unspecified atom stereocenters. The molecule has 246 valence electrons. The third-order valence-electron chi connectivity index (χ3n) is 8.76. The van der Waals surface area contributed by atoms with Gasteiger partial charge >= 0.3 is 6.09 Å². The first-order chi connectivity index (χ1) is 22.6. The molecule has 2 aromatic heterocycles. The summed E-state index contributed by atoms with van der Waals surface area (Å²) in [5.41, 5.74) is 2.30. The van der Waals surface area contributed by atoms with Crippen molar-refractivity contribution in [1.29, 1.82) is 10.5 Å². The number of benzene rings is 1. The van der Waals surface area contributed by atoms with Crippen molar-refractivity contribution < 1.29 is 14.3 Å². The number of aromatic nitrogens is 3. The SMILES string of the molecule is C[C@@H]1CN(c2ccc(C#N)c3ncccc23)C[C@H](CN2CCN(c3nc(N4CCN(C(=O)OC(C)(C)C)CC4)ncc3C#N)CC2)O1. The number of pyridine rings is 1. The molecule has 0 bridgehead atoms. The predicted molar refractivity (Wildman–Crippen MR) is 178 cm³/mol. The van der Waals surface area contributed by atoms with Crippen LogP contribution in [0.4, 0.5) is 22.2 Å². The number of hydrogen-bond donors (Lipinski definition) is 0. The molecule has 3 saturated heterocycles. The number of carbonyl (C=O) groups is 1. The molecule has 1 aromatic carbocycles. The normalized spacial score (nSPS) is 21.0. The van der Waals surface area contributed by atoms with Gasteiger partial charge in [-0.2, -0.15) is 15.5 Å². The van der Waals surface area contributed by atoms with Gasteiger partial charge in [0.2, 0.25) is 5.95 Å². The van der Waals surface area contributed by atoms with Crippen LogP contribution in [0.2, 0.25) is 0 Å². The zero-order chi connectivity index (χ0) is 33.1. The zero-order valence-corrected chi connectivity index (χ0v) is 27.6. The Hall–Kier alpha value is -4.72. The fourth-order valence-electron chi connectivity index (χ4n) is 6.55. The number of hydrogen-bond acceptors (Lipinski definition) is 12. The second kappa shape index (κ2) is 13.6. The maximum absolute atomic E-state index is 12.5. The molecule has 0 aliphatic carbocycles. The van der Waals surface area contributed by atoms with Gasteiger partial charge in [-0.3, -0.25) is 9.88 Å². The number of anilines is 3. The fourth-order valence-corrected chi connectivity index (χ4v) is 6.55. The van der Waals surface area contributed by atoms with Crippen LogP contribution in [0.5, 0.6) is 0 Å². The molecule has 13 nitrogen and oxygen atoms in total. The van der Waals surface area contributed by atoms with Gasteiger partial charge in [0.05, 0.1) is 29.5 Å². The second-order valence-electron chi connectivity index (χ2n) is 13.4. The lowest BCUT2D eigenvalue weighted by atomic mass is 10.1. The van der Waals surface area contributed by atoms with Gasteiger partial charge in [0.25, 0.3) is 0 Å². The summed E-state index contributed by atoms with van der Waals surface area (Å²) in [7, 11) is 0. The van der Waals surface area contributed by atoms with E-state index in [0.717, 1.165) is 62.4 Å². The topological polar surface area (TPSA) is 138 Å². The van der Waals surface area contributed by atoms with E-state index in [4.69, 9.17) is 14.5 Å². The van der Waals surface area contributed by atoms with Crippen molar-refractivity contribution in [2.75, 3.05) is 86.7 Å². The van der Waals surface area contributed by atoms with Gasteiger partial charge in [-0.1, -0.05) is 0 Å². The molecule has 2 atom stereocenters. The largest absolute Gasteiger partial charge is 0.444 e. The van der Waals surface area contributed by atoms with E-state index in [9.17, 15) is 15.3 Å². The van der Waals surface area contributed by atoms with Gasteiger partial charge < -0.3 is 29.1 Å². The molecule has 0 spiro atoms. The fraction of sp³-hybridized carbons (Fsp3) is 0.529. The summed E-state index contributed by atoms with van der Waals surface area (Å²) in [6.07, 6.45) is 3.11. The first kappa shape index (κ1) is 32.2. The van der Waals surface area contributed by atoms with Crippen molar-refractivity contribution in [3.63, 3.8) is 0 Å². The Morgan fingerprint density at radius 3 is 2.36 bits per heavy atom. The molecule has 3 aliphatic rings. The van der Waals surface area contributed by atoms with Crippen molar-refractivity contribution in [1.82, 2.24) is 24.8 Å². The zero-order valence-electron chi connectivity index (χ0n) is 27.6. The van der Waals surface area contributed by atoms with Gasteiger partial charge in [-0.25, -0.2) is 9.78 Å². The highest BCUT2D eigenvalue weighted by Crippen LogP contribution is 2.31. The smallest absolute Gasteiger partial charge is 0.410 e. The Morgan fingerprint density at radius 1 is 0.936 bits per heavy atom. The maximum Gasteiger partial charge on any atom is 0.410 e. The van der Waals surface area contributed by atoms with E-state index in [1.165, 1.54) is 0 Å². The van der Waals surface area contributed by atoms with Gasteiger partial charge in [-0.05, 0) is 52.0 Å². The van der Waals surface area contributed by atoms with Gasteiger partial charge in [0, 0.05) is 89.3 Å². The van der Waals surface area contributed by atoms with Crippen LogP contribution in [0, 0.1) is 22.7 Å². The van der Waals surface area contributed by atoms with Crippen LogP contribution in [0.3, 0.4) is 0 Å². The lowest BCUT2D eigenvalue weighted by Crippen LogP contribution is -2.54. The summed E-state index contributed by atoms with van der Waals surface area (Å²) in [4.78, 5) is 37.1. The highest BCUT2D eigenvalue weighted by Gasteiger charge is 2.31. The summed E-state index contributed by atoms with van der Waals surface area (Å²) in [6.45, 7) is 15.3. The van der Waals surface area contributed by atoms with Crippen molar-refractivity contribution in [3.05, 3.63) is 47.8 Å². The Kier molecular flexibility index (Phi) is 9.30. The molecule has 1 amide bonds. The van der Waals surface area contributed by atoms with Gasteiger partial charge in [-0.15, -0.1) is 0 Å². The highest BCUT2D eigenvalue weighted by atomic mass is 16.6. The maximum atomic E-state index is 12.5. The second-order valence-corrected chi connectivity index (χ2v) is 13.4. The molecule has 3 fully saturated rings. The van der Waals surface area contributed by atoms with Crippen LogP contribution in [-0.2, 0) is 9.47 Å². The lowest BCUT2D eigenvalue weighted by molar-refractivity contribution is -0.0327. The van der Waals surface area contributed by atoms with Crippen LogP contribution in [0.1, 0.15) is 38.8 Å². The highest BCUT2D eigenvalue weighted by molar-refractivity contribution is 5.95. The minimum atomic E-state index is -0.537. The molecular weight excluding hydrogens is 596 g/mol. The average molecular weight is 639 g/mol. The summed E-state index contributed by atoms with van der Waals surface area (Å²) < 4.78 is 11.9. The monoisotopic (exact) mass is 638 g/mol. The number of ether oxygens (including phenoxy) is 2. The van der Waals surface area contributed by atoms with Crippen LogP contribution < -0.4 is 14.7 Å². The van der Waals surface area contributed by atoms with E-state index in [-0.39, 0.29) is 18.3 Å². The number of fused-ring (bicyclic) bond motifs is 1. The summed E-state index contributed by atoms with van der Waals surface area (Å²) in [5, 5.41) is 20.4. The minimum Gasteiger partial charge on any atom is -0.444 e. The third-order valence-corrected chi connectivity index (χ3v) is 8.76. The molecule has 0 saturated carbocycles. The molecular formula is C34H42N10O3. The Bertz CT molecular complexity index is 1680. The van der Waals surface area contributed by atoms with E-state index in [1.807, 2.05) is 45.0 Å². The number of nitrogens with zero attached hydrogens (tertiary/aromatic N) is 10. The molecule has 3 aliphatic heterocycles. The number of carbonyl (C=O) groups excluding carboxylic acids is 1.